The molecule has 0 amide bonds. The number of ketones is 3. The van der Waals surface area contributed by atoms with E-state index in [0.29, 0.717) is 16.7 Å². The van der Waals surface area contributed by atoms with Crippen molar-refractivity contribution < 1.29 is 18.8 Å². The largest absolute Gasteiger partial charge is 0.352 e. The molecule has 1 saturated heterocycles. The lowest BCUT2D eigenvalue weighted by molar-refractivity contribution is -0.127. The Morgan fingerprint density at radius 3 is 2.16 bits per heavy atom. The van der Waals surface area contributed by atoms with Gasteiger partial charge in [0, 0.05) is 32.6 Å². The molecular weight excluding hydrogens is 533 g/mol. The molecule has 0 bridgehead atoms. The van der Waals surface area contributed by atoms with Gasteiger partial charge in [0.25, 0.3) is 0 Å². The van der Waals surface area contributed by atoms with Crippen molar-refractivity contribution in [3.63, 3.8) is 0 Å². The number of rotatable bonds is 2. The van der Waals surface area contributed by atoms with E-state index in [9.17, 15) is 18.8 Å². The molecule has 6 heteroatoms. The summed E-state index contributed by atoms with van der Waals surface area (Å²) in [4.78, 5) is 45.2. The Morgan fingerprint density at radius 1 is 0.946 bits per heavy atom. The van der Waals surface area contributed by atoms with E-state index >= 15 is 0 Å². The maximum atomic E-state index is 14.4. The third-order valence-electron chi connectivity index (χ3n) is 8.00. The standard InChI is InChI=1S/C31H25BrFNO3/c1-30(2,3)29(37)26-25(17-8-12-20(33)13-9-17)31(27(35)21-6-4-5-7-22(21)28(31)36)24-15-10-18-16-19(32)11-14-23(18)34(24)26/h4-16,24-26H,1-3H3/t24?,25-,26+/m0/s1. The Balaban J connectivity index is 1.70. The van der Waals surface area contributed by atoms with Gasteiger partial charge in [-0.05, 0) is 41.5 Å². The first-order valence-electron chi connectivity index (χ1n) is 12.3. The second kappa shape index (κ2) is 8.06. The molecule has 6 rings (SSSR count). The molecule has 2 aliphatic heterocycles. The highest BCUT2D eigenvalue weighted by molar-refractivity contribution is 9.10. The highest BCUT2D eigenvalue weighted by atomic mass is 79.9. The van der Waals surface area contributed by atoms with Crippen LogP contribution in [0.15, 0.2) is 77.3 Å². The molecule has 3 atom stereocenters. The van der Waals surface area contributed by atoms with E-state index in [1.165, 1.54) is 12.1 Å². The first kappa shape index (κ1) is 24.0. The summed E-state index contributed by atoms with van der Waals surface area (Å²) in [6.45, 7) is 5.56. The first-order chi connectivity index (χ1) is 17.6. The predicted octanol–water partition coefficient (Wildman–Crippen LogP) is 6.64. The average Bonchev–Trinajstić information content (AvgIpc) is 3.29. The van der Waals surface area contributed by atoms with Crippen LogP contribution in [-0.2, 0) is 4.79 Å². The Kier molecular flexibility index (Phi) is 5.22. The molecule has 4 nitrogen and oxygen atoms in total. The zero-order valence-electron chi connectivity index (χ0n) is 20.7. The summed E-state index contributed by atoms with van der Waals surface area (Å²) in [5.74, 6) is -1.88. The lowest BCUT2D eigenvalue weighted by atomic mass is 9.63. The van der Waals surface area contributed by atoms with Gasteiger partial charge in [0.15, 0.2) is 17.3 Å². The van der Waals surface area contributed by atoms with Crippen molar-refractivity contribution in [2.75, 3.05) is 4.90 Å². The number of Topliss-reactive ketones (excluding diaryl/α,β-unsaturated/α-hetero) is 3. The third kappa shape index (κ3) is 3.21. The van der Waals surface area contributed by atoms with Crippen LogP contribution in [0.3, 0.4) is 0 Å². The van der Waals surface area contributed by atoms with Crippen LogP contribution in [0.1, 0.15) is 58.5 Å². The maximum Gasteiger partial charge on any atom is 0.180 e. The van der Waals surface area contributed by atoms with Crippen LogP contribution in [0.25, 0.3) is 6.08 Å². The van der Waals surface area contributed by atoms with Crippen molar-refractivity contribution in [1.29, 1.82) is 0 Å². The van der Waals surface area contributed by atoms with Crippen LogP contribution in [0.5, 0.6) is 0 Å². The number of fused-ring (bicyclic) bond motifs is 5. The van der Waals surface area contributed by atoms with E-state index in [1.54, 1.807) is 36.4 Å². The summed E-state index contributed by atoms with van der Waals surface area (Å²) in [6.07, 6.45) is 3.82. The minimum Gasteiger partial charge on any atom is -0.352 e. The van der Waals surface area contributed by atoms with Crippen molar-refractivity contribution in [1.82, 2.24) is 0 Å². The number of carbonyl (C=O) groups excluding carboxylic acids is 3. The van der Waals surface area contributed by atoms with Crippen LogP contribution in [-0.4, -0.2) is 29.4 Å². The number of halogens is 2. The number of anilines is 1. The Bertz CT molecular complexity index is 1480. The van der Waals surface area contributed by atoms with Gasteiger partial charge in [-0.2, -0.15) is 0 Å². The molecule has 3 aromatic rings. The summed E-state index contributed by atoms with van der Waals surface area (Å²) in [7, 11) is 0. The zero-order valence-corrected chi connectivity index (χ0v) is 22.3. The molecule has 1 fully saturated rings. The molecule has 0 saturated carbocycles. The lowest BCUT2D eigenvalue weighted by Gasteiger charge is -2.38. The van der Waals surface area contributed by atoms with Gasteiger partial charge in [-0.15, -0.1) is 0 Å². The van der Waals surface area contributed by atoms with Crippen LogP contribution < -0.4 is 4.90 Å². The molecular formula is C31H25BrFNO3. The van der Waals surface area contributed by atoms with Crippen molar-refractivity contribution in [2.24, 2.45) is 10.8 Å². The van der Waals surface area contributed by atoms with Gasteiger partial charge in [-0.25, -0.2) is 4.39 Å². The van der Waals surface area contributed by atoms with Gasteiger partial charge in [0.05, 0.1) is 12.1 Å². The average molecular weight is 558 g/mol. The van der Waals surface area contributed by atoms with E-state index in [4.69, 9.17) is 0 Å². The molecule has 0 aromatic heterocycles. The maximum absolute atomic E-state index is 14.4. The minimum atomic E-state index is -1.56. The SMILES string of the molecule is CC(C)(C)C(=O)[C@H]1[C@H](c2ccc(F)cc2)C2(C(=O)c3ccccc3C2=O)C2C=Cc3cc(Br)ccc3N21. The molecule has 2 heterocycles. The Hall–Kier alpha value is -3.38. The zero-order chi connectivity index (χ0) is 26.3. The highest BCUT2D eigenvalue weighted by Gasteiger charge is 2.71. The summed E-state index contributed by atoms with van der Waals surface area (Å²) in [6, 6.07) is 17.1. The fourth-order valence-electron chi connectivity index (χ4n) is 6.43. The lowest BCUT2D eigenvalue weighted by Crippen LogP contribution is -2.49. The van der Waals surface area contributed by atoms with Gasteiger partial charge in [-0.3, -0.25) is 14.4 Å². The van der Waals surface area contributed by atoms with Gasteiger partial charge in [-0.1, -0.05) is 85.3 Å². The number of carbonyl (C=O) groups is 3. The van der Waals surface area contributed by atoms with Gasteiger partial charge < -0.3 is 4.90 Å². The third-order valence-corrected chi connectivity index (χ3v) is 8.50. The molecule has 1 unspecified atom stereocenters. The molecule has 0 radical (unpaired) electrons. The van der Waals surface area contributed by atoms with Gasteiger partial charge in [0.2, 0.25) is 0 Å². The highest BCUT2D eigenvalue weighted by Crippen LogP contribution is 2.61. The van der Waals surface area contributed by atoms with Crippen molar-refractivity contribution >= 4 is 45.0 Å². The van der Waals surface area contributed by atoms with Crippen LogP contribution in [0.2, 0.25) is 0 Å². The van der Waals surface area contributed by atoms with Gasteiger partial charge >= 0.3 is 0 Å². The molecule has 37 heavy (non-hydrogen) atoms. The second-order valence-electron chi connectivity index (χ2n) is 11.1. The molecule has 0 N–H and O–H groups in total. The molecule has 3 aliphatic rings. The number of nitrogens with zero attached hydrogens (tertiary/aromatic N) is 1. The van der Waals surface area contributed by atoms with E-state index in [2.05, 4.69) is 15.9 Å². The first-order valence-corrected chi connectivity index (χ1v) is 13.1. The van der Waals surface area contributed by atoms with E-state index < -0.39 is 34.6 Å². The molecule has 1 spiro atoms. The molecule has 1 aliphatic carbocycles. The number of hydrogen-bond donors (Lipinski definition) is 0. The quantitative estimate of drug-likeness (QED) is 0.331. The van der Waals surface area contributed by atoms with Crippen molar-refractivity contribution in [3.05, 3.63) is 105 Å². The summed E-state index contributed by atoms with van der Waals surface area (Å²) < 4.78 is 14.9. The number of benzene rings is 3. The summed E-state index contributed by atoms with van der Waals surface area (Å²) >= 11 is 3.53. The Morgan fingerprint density at radius 2 is 1.57 bits per heavy atom. The summed E-state index contributed by atoms with van der Waals surface area (Å²) in [5.41, 5.74) is 0.708. The molecule has 3 aromatic carbocycles. The number of hydrogen-bond acceptors (Lipinski definition) is 4. The summed E-state index contributed by atoms with van der Waals surface area (Å²) in [5, 5.41) is 0. The van der Waals surface area contributed by atoms with Crippen molar-refractivity contribution in [2.45, 2.75) is 38.8 Å². The molecule has 186 valence electrons. The van der Waals surface area contributed by atoms with E-state index in [1.807, 2.05) is 56.0 Å². The van der Waals surface area contributed by atoms with Gasteiger partial charge in [0.1, 0.15) is 11.2 Å². The fourth-order valence-corrected chi connectivity index (χ4v) is 6.81. The van der Waals surface area contributed by atoms with E-state index in [-0.39, 0.29) is 17.3 Å². The topological polar surface area (TPSA) is 54.5 Å². The Labute approximate surface area is 223 Å². The van der Waals surface area contributed by atoms with Crippen molar-refractivity contribution in [3.8, 4) is 0 Å². The smallest absolute Gasteiger partial charge is 0.180 e. The van der Waals surface area contributed by atoms with Crippen LogP contribution in [0, 0.1) is 16.6 Å². The monoisotopic (exact) mass is 557 g/mol. The van der Waals surface area contributed by atoms with E-state index in [0.717, 1.165) is 15.7 Å². The second-order valence-corrected chi connectivity index (χ2v) is 12.0. The van der Waals surface area contributed by atoms with Crippen LogP contribution in [0.4, 0.5) is 10.1 Å². The normalized spacial score (nSPS) is 23.3. The minimum absolute atomic E-state index is 0.0792. The fraction of sp³-hybridized carbons (Fsp3) is 0.258. The van der Waals surface area contributed by atoms with Crippen LogP contribution >= 0.6 is 15.9 Å². The predicted molar refractivity (Wildman–Crippen MR) is 144 cm³/mol.